The molecule has 0 bridgehead atoms. The van der Waals surface area contributed by atoms with Gasteiger partial charge in [-0.15, -0.1) is 0 Å². The minimum absolute atomic E-state index is 0.0734. The minimum atomic E-state index is -0.322. The maximum atomic E-state index is 12.0. The first-order chi connectivity index (χ1) is 8.10. The van der Waals surface area contributed by atoms with Gasteiger partial charge in [0.25, 0.3) is 0 Å². The molecular weight excluding hydrogens is 218 g/mol. The molecule has 5 nitrogen and oxygen atoms in total. The molecule has 0 N–H and O–H groups in total. The summed E-state index contributed by atoms with van der Waals surface area (Å²) in [5.41, 5.74) is 0. The molecule has 0 aliphatic rings. The summed E-state index contributed by atoms with van der Waals surface area (Å²) in [6.45, 7) is 8.43. The Balaban J connectivity index is 2.69. The van der Waals surface area contributed by atoms with Crippen LogP contribution in [0.3, 0.4) is 0 Å². The summed E-state index contributed by atoms with van der Waals surface area (Å²) >= 11 is 0. The van der Waals surface area contributed by atoms with Crippen LogP contribution in [-0.4, -0.2) is 33.3 Å². The number of aromatic nitrogens is 3. The van der Waals surface area contributed by atoms with E-state index in [2.05, 4.69) is 10.1 Å². The Labute approximate surface area is 102 Å². The van der Waals surface area contributed by atoms with Gasteiger partial charge in [-0.25, -0.2) is 9.67 Å². The molecule has 1 atom stereocenters. The quantitative estimate of drug-likeness (QED) is 0.728. The highest BCUT2D eigenvalue weighted by Gasteiger charge is 2.19. The molecule has 0 spiro atoms. The van der Waals surface area contributed by atoms with Crippen LogP contribution in [-0.2, 0) is 16.0 Å². The number of ketones is 1. The molecule has 1 heterocycles. The second-order valence-corrected chi connectivity index (χ2v) is 4.21. The lowest BCUT2D eigenvalue weighted by atomic mass is 10.1. The molecule has 1 aromatic heterocycles. The molecule has 0 saturated heterocycles. The molecule has 1 unspecified atom stereocenters. The van der Waals surface area contributed by atoms with E-state index >= 15 is 0 Å². The van der Waals surface area contributed by atoms with Crippen molar-refractivity contribution < 1.29 is 9.53 Å². The van der Waals surface area contributed by atoms with Gasteiger partial charge >= 0.3 is 0 Å². The zero-order valence-electron chi connectivity index (χ0n) is 11.0. The minimum Gasteiger partial charge on any atom is -0.371 e. The third-order valence-corrected chi connectivity index (χ3v) is 2.57. The number of hydrogen-bond donors (Lipinski definition) is 0. The van der Waals surface area contributed by atoms with Crippen molar-refractivity contribution in [2.24, 2.45) is 0 Å². The van der Waals surface area contributed by atoms with Gasteiger partial charge in [-0.2, -0.15) is 5.10 Å². The van der Waals surface area contributed by atoms with Gasteiger partial charge < -0.3 is 4.74 Å². The number of rotatable bonds is 7. The number of carbonyl (C=O) groups is 1. The Hall–Kier alpha value is -1.23. The number of ether oxygens (including phenoxy) is 1. The average molecular weight is 239 g/mol. The molecule has 5 heteroatoms. The lowest BCUT2D eigenvalue weighted by Gasteiger charge is -2.14. The second-order valence-electron chi connectivity index (χ2n) is 4.21. The summed E-state index contributed by atoms with van der Waals surface area (Å²) in [6.07, 6.45) is 2.15. The summed E-state index contributed by atoms with van der Waals surface area (Å²) in [6, 6.07) is 0.215. The first-order valence-corrected chi connectivity index (χ1v) is 6.12. The van der Waals surface area contributed by atoms with Crippen molar-refractivity contribution in [3.8, 4) is 0 Å². The lowest BCUT2D eigenvalue weighted by Crippen LogP contribution is -2.26. The Morgan fingerprint density at radius 1 is 1.47 bits per heavy atom. The zero-order chi connectivity index (χ0) is 12.8. The van der Waals surface area contributed by atoms with Crippen LogP contribution in [0.2, 0.25) is 0 Å². The largest absolute Gasteiger partial charge is 0.371 e. The first kappa shape index (κ1) is 13.8. The Bertz CT molecular complexity index is 360. The molecule has 1 rings (SSSR count). The molecule has 0 amide bonds. The van der Waals surface area contributed by atoms with E-state index in [9.17, 15) is 4.79 Å². The van der Waals surface area contributed by atoms with Gasteiger partial charge in [-0.05, 0) is 27.2 Å². The molecule has 1 aromatic rings. The van der Waals surface area contributed by atoms with Crippen LogP contribution in [0.1, 0.15) is 46.0 Å². The SMILES string of the molecule is CCOC(CC)C(=O)Cc1ncnn1C(C)C. The topological polar surface area (TPSA) is 57.0 Å². The molecule has 96 valence electrons. The first-order valence-electron chi connectivity index (χ1n) is 6.12. The van der Waals surface area contributed by atoms with E-state index in [1.807, 2.05) is 27.7 Å². The molecule has 0 fully saturated rings. The van der Waals surface area contributed by atoms with Crippen LogP contribution in [0.5, 0.6) is 0 Å². The fraction of sp³-hybridized carbons (Fsp3) is 0.750. The van der Waals surface area contributed by atoms with Gasteiger partial charge in [0.05, 0.1) is 6.42 Å². The molecular formula is C12H21N3O2. The Morgan fingerprint density at radius 3 is 2.71 bits per heavy atom. The predicted octanol–water partition coefficient (Wildman–Crippen LogP) is 1.79. The van der Waals surface area contributed by atoms with Gasteiger partial charge in [0.2, 0.25) is 0 Å². The highest BCUT2D eigenvalue weighted by Crippen LogP contribution is 2.09. The third-order valence-electron chi connectivity index (χ3n) is 2.57. The van der Waals surface area contributed by atoms with E-state index in [0.29, 0.717) is 18.9 Å². The van der Waals surface area contributed by atoms with E-state index in [4.69, 9.17) is 4.74 Å². The summed E-state index contributed by atoms with van der Waals surface area (Å²) in [5, 5.41) is 4.11. The smallest absolute Gasteiger partial charge is 0.169 e. The van der Waals surface area contributed by atoms with Crippen molar-refractivity contribution in [2.75, 3.05) is 6.61 Å². The van der Waals surface area contributed by atoms with Crippen molar-refractivity contribution >= 4 is 5.78 Å². The summed E-state index contributed by atoms with van der Waals surface area (Å²) < 4.78 is 7.17. The van der Waals surface area contributed by atoms with Gasteiger partial charge in [-0.3, -0.25) is 4.79 Å². The molecule has 0 aliphatic heterocycles. The van der Waals surface area contributed by atoms with Gasteiger partial charge in [-0.1, -0.05) is 6.92 Å². The van der Waals surface area contributed by atoms with Crippen LogP contribution in [0.25, 0.3) is 0 Å². The Kier molecular flexibility index (Phi) is 5.28. The maximum Gasteiger partial charge on any atom is 0.169 e. The van der Waals surface area contributed by atoms with Crippen LogP contribution in [0.15, 0.2) is 6.33 Å². The molecule has 0 aliphatic carbocycles. The van der Waals surface area contributed by atoms with Crippen molar-refractivity contribution in [3.63, 3.8) is 0 Å². The number of Topliss-reactive ketones (excluding diaryl/α,β-unsaturated/α-hetero) is 1. The number of carbonyl (C=O) groups excluding carboxylic acids is 1. The average Bonchev–Trinajstić information content (AvgIpc) is 2.73. The van der Waals surface area contributed by atoms with Crippen molar-refractivity contribution in [3.05, 3.63) is 12.2 Å². The lowest BCUT2D eigenvalue weighted by molar-refractivity contribution is -0.129. The third kappa shape index (κ3) is 3.63. The van der Waals surface area contributed by atoms with Crippen molar-refractivity contribution in [2.45, 2.75) is 52.7 Å². The van der Waals surface area contributed by atoms with E-state index in [1.54, 1.807) is 4.68 Å². The molecule has 0 aromatic carbocycles. The predicted molar refractivity (Wildman–Crippen MR) is 64.8 cm³/mol. The van der Waals surface area contributed by atoms with Crippen LogP contribution in [0, 0.1) is 0 Å². The molecule has 0 radical (unpaired) electrons. The standard InChI is InChI=1S/C12H21N3O2/c1-5-11(17-6-2)10(16)7-12-13-8-14-15(12)9(3)4/h8-9,11H,5-7H2,1-4H3. The Morgan fingerprint density at radius 2 is 2.18 bits per heavy atom. The second kappa shape index (κ2) is 6.49. The fourth-order valence-electron chi connectivity index (χ4n) is 1.74. The van der Waals surface area contributed by atoms with Crippen molar-refractivity contribution in [1.82, 2.24) is 14.8 Å². The zero-order valence-corrected chi connectivity index (χ0v) is 11.0. The maximum absolute atomic E-state index is 12.0. The van der Waals surface area contributed by atoms with Crippen LogP contribution < -0.4 is 0 Å². The monoisotopic (exact) mass is 239 g/mol. The van der Waals surface area contributed by atoms with Gasteiger partial charge in [0, 0.05) is 12.6 Å². The van der Waals surface area contributed by atoms with Gasteiger partial charge in [0.1, 0.15) is 18.3 Å². The van der Waals surface area contributed by atoms with E-state index in [0.717, 1.165) is 0 Å². The highest BCUT2D eigenvalue weighted by molar-refractivity contribution is 5.84. The van der Waals surface area contributed by atoms with E-state index in [1.165, 1.54) is 6.33 Å². The summed E-state index contributed by atoms with van der Waals surface area (Å²) in [5.74, 6) is 0.785. The fourth-order valence-corrected chi connectivity index (χ4v) is 1.74. The van der Waals surface area contributed by atoms with Crippen molar-refractivity contribution in [1.29, 1.82) is 0 Å². The van der Waals surface area contributed by atoms with Gasteiger partial charge in [0.15, 0.2) is 5.78 Å². The molecule has 17 heavy (non-hydrogen) atoms. The normalized spacial score (nSPS) is 13.0. The van der Waals surface area contributed by atoms with Crippen LogP contribution >= 0.6 is 0 Å². The summed E-state index contributed by atoms with van der Waals surface area (Å²) in [4.78, 5) is 16.1. The number of nitrogens with zero attached hydrogens (tertiary/aromatic N) is 3. The number of hydrogen-bond acceptors (Lipinski definition) is 4. The summed E-state index contributed by atoms with van der Waals surface area (Å²) in [7, 11) is 0. The molecule has 0 saturated carbocycles. The van der Waals surface area contributed by atoms with E-state index in [-0.39, 0.29) is 24.3 Å². The highest BCUT2D eigenvalue weighted by atomic mass is 16.5. The van der Waals surface area contributed by atoms with E-state index < -0.39 is 0 Å². The van der Waals surface area contributed by atoms with Crippen LogP contribution in [0.4, 0.5) is 0 Å².